The molecule has 0 aliphatic heterocycles. The number of benzene rings is 1. The summed E-state index contributed by atoms with van der Waals surface area (Å²) in [5, 5.41) is 0. The van der Waals surface area contributed by atoms with E-state index in [1.807, 2.05) is 12.1 Å². The Bertz CT molecular complexity index is 518. The fourth-order valence-electron chi connectivity index (χ4n) is 4.95. The predicted octanol–water partition coefficient (Wildman–Crippen LogP) is 7.21. The highest BCUT2D eigenvalue weighted by Gasteiger charge is 2.30. The lowest BCUT2D eigenvalue weighted by molar-refractivity contribution is 0.171. The third-order valence-electron chi connectivity index (χ3n) is 6.51. The monoisotopic (exact) mass is 346 g/mol. The average Bonchev–Trinajstić information content (AvgIpc) is 2.67. The van der Waals surface area contributed by atoms with Crippen LogP contribution < -0.4 is 0 Å². The van der Waals surface area contributed by atoms with E-state index in [0.717, 1.165) is 24.2 Å². The van der Waals surface area contributed by atoms with E-state index in [-0.39, 0.29) is 12.5 Å². The molecule has 0 N–H and O–H groups in total. The molecule has 2 fully saturated rings. The van der Waals surface area contributed by atoms with Crippen molar-refractivity contribution in [1.29, 1.82) is 0 Å². The van der Waals surface area contributed by atoms with Crippen LogP contribution in [-0.2, 0) is 0 Å². The molecule has 0 saturated heterocycles. The van der Waals surface area contributed by atoms with Gasteiger partial charge in [-0.05, 0) is 106 Å². The Balaban J connectivity index is 1.40. The summed E-state index contributed by atoms with van der Waals surface area (Å²) < 4.78 is 25.2. The molecule has 0 nitrogen and oxygen atoms in total. The number of alkyl halides is 1. The van der Waals surface area contributed by atoms with Crippen LogP contribution in [0.25, 0.3) is 0 Å². The first-order chi connectivity index (χ1) is 12.3. The molecule has 0 spiro atoms. The summed E-state index contributed by atoms with van der Waals surface area (Å²) in [4.78, 5) is 0. The fraction of sp³-hybridized carbons (Fsp3) is 0.652. The molecule has 2 saturated carbocycles. The first-order valence-electron chi connectivity index (χ1n) is 10.2. The van der Waals surface area contributed by atoms with Crippen LogP contribution in [0, 0.1) is 23.6 Å². The fourth-order valence-corrected chi connectivity index (χ4v) is 4.95. The lowest BCUT2D eigenvalue weighted by Crippen LogP contribution is -2.25. The van der Waals surface area contributed by atoms with Gasteiger partial charge in [0.15, 0.2) is 0 Å². The zero-order valence-electron chi connectivity index (χ0n) is 15.3. The van der Waals surface area contributed by atoms with Gasteiger partial charge >= 0.3 is 0 Å². The van der Waals surface area contributed by atoms with Gasteiger partial charge in [-0.2, -0.15) is 0 Å². The largest absolute Gasteiger partial charge is 0.251 e. The van der Waals surface area contributed by atoms with E-state index in [1.165, 1.54) is 56.9 Å². The maximum Gasteiger partial charge on any atom is 0.123 e. The molecule has 2 heteroatoms. The van der Waals surface area contributed by atoms with Gasteiger partial charge in [0.25, 0.3) is 0 Å². The molecule has 2 aliphatic rings. The van der Waals surface area contributed by atoms with Gasteiger partial charge in [-0.3, -0.25) is 4.39 Å². The quantitative estimate of drug-likeness (QED) is 0.377. The van der Waals surface area contributed by atoms with Crippen LogP contribution in [0.1, 0.15) is 75.7 Å². The first-order valence-corrected chi connectivity index (χ1v) is 10.2. The van der Waals surface area contributed by atoms with Gasteiger partial charge in [-0.1, -0.05) is 24.3 Å². The highest BCUT2D eigenvalue weighted by molar-refractivity contribution is 5.21. The number of rotatable bonds is 6. The normalized spacial score (nSPS) is 30.6. The maximum absolute atomic E-state index is 13.1. The Kier molecular flexibility index (Phi) is 7.07. The van der Waals surface area contributed by atoms with E-state index < -0.39 is 0 Å². The average molecular weight is 347 g/mol. The summed E-state index contributed by atoms with van der Waals surface area (Å²) in [6.45, 7) is -0.197. The summed E-state index contributed by atoms with van der Waals surface area (Å²) in [6, 6.07) is 7.15. The highest BCUT2D eigenvalue weighted by Crippen LogP contribution is 2.44. The summed E-state index contributed by atoms with van der Waals surface area (Å²) in [5.74, 6) is 3.03. The van der Waals surface area contributed by atoms with E-state index in [1.54, 1.807) is 12.1 Å². The van der Waals surface area contributed by atoms with E-state index in [2.05, 4.69) is 12.2 Å². The predicted molar refractivity (Wildman–Crippen MR) is 101 cm³/mol. The van der Waals surface area contributed by atoms with Gasteiger partial charge in [0.1, 0.15) is 5.82 Å². The Morgan fingerprint density at radius 1 is 0.840 bits per heavy atom. The van der Waals surface area contributed by atoms with Crippen molar-refractivity contribution in [2.45, 2.75) is 70.1 Å². The minimum atomic E-state index is -0.197. The molecule has 0 radical (unpaired) electrons. The molecular formula is C23H32F2. The van der Waals surface area contributed by atoms with Gasteiger partial charge in [-0.15, -0.1) is 0 Å². The second kappa shape index (κ2) is 9.50. The van der Waals surface area contributed by atoms with Crippen molar-refractivity contribution in [3.05, 3.63) is 47.8 Å². The lowest BCUT2D eigenvalue weighted by Gasteiger charge is -2.37. The van der Waals surface area contributed by atoms with Crippen molar-refractivity contribution in [3.8, 4) is 0 Å². The number of hydrogen-bond donors (Lipinski definition) is 0. The second-order valence-electron chi connectivity index (χ2n) is 8.10. The molecule has 1 aromatic carbocycles. The minimum absolute atomic E-state index is 0.132. The number of halogens is 2. The third-order valence-corrected chi connectivity index (χ3v) is 6.51. The van der Waals surface area contributed by atoms with Crippen molar-refractivity contribution >= 4 is 0 Å². The van der Waals surface area contributed by atoms with Crippen LogP contribution in [0.5, 0.6) is 0 Å². The number of unbranched alkanes of at least 4 members (excludes halogenated alkanes) is 1. The van der Waals surface area contributed by atoms with Crippen LogP contribution in [-0.4, -0.2) is 6.67 Å². The summed E-state index contributed by atoms with van der Waals surface area (Å²) in [6.07, 6.45) is 16.7. The minimum Gasteiger partial charge on any atom is -0.251 e. The molecule has 0 amide bonds. The Labute approximate surface area is 151 Å². The first kappa shape index (κ1) is 18.6. The molecule has 0 bridgehead atoms. The molecule has 1 aromatic rings. The van der Waals surface area contributed by atoms with Gasteiger partial charge in [0.2, 0.25) is 0 Å². The summed E-state index contributed by atoms with van der Waals surface area (Å²) in [7, 11) is 0. The molecule has 0 aromatic heterocycles. The molecule has 138 valence electrons. The Morgan fingerprint density at radius 3 is 2.04 bits per heavy atom. The summed E-state index contributed by atoms with van der Waals surface area (Å²) in [5.41, 5.74) is 1.32. The molecule has 2 aliphatic carbocycles. The SMILES string of the molecule is FCCC/C=C/C1CCC(C2CCC(c3ccc(F)cc3)CC2)CC1. The molecule has 3 rings (SSSR count). The van der Waals surface area contributed by atoms with Crippen LogP contribution in [0.4, 0.5) is 8.78 Å². The zero-order valence-corrected chi connectivity index (χ0v) is 15.3. The van der Waals surface area contributed by atoms with E-state index in [0.29, 0.717) is 12.3 Å². The van der Waals surface area contributed by atoms with Crippen molar-refractivity contribution in [3.63, 3.8) is 0 Å². The van der Waals surface area contributed by atoms with Crippen LogP contribution in [0.2, 0.25) is 0 Å². The Morgan fingerprint density at radius 2 is 1.44 bits per heavy atom. The standard InChI is InChI=1S/C23H32F2/c24-17-3-1-2-4-18-5-7-19(8-6-18)20-9-11-21(12-10-20)22-13-15-23(25)16-14-22/h2,4,13-16,18-21H,1,3,5-12,17H2/b4-2+. The van der Waals surface area contributed by atoms with E-state index in [9.17, 15) is 8.78 Å². The van der Waals surface area contributed by atoms with Crippen molar-refractivity contribution < 1.29 is 8.78 Å². The smallest absolute Gasteiger partial charge is 0.123 e. The molecule has 25 heavy (non-hydrogen) atoms. The topological polar surface area (TPSA) is 0 Å². The number of allylic oxidation sites excluding steroid dienone is 2. The van der Waals surface area contributed by atoms with Crippen LogP contribution in [0.3, 0.4) is 0 Å². The molecule has 0 unspecified atom stereocenters. The third kappa shape index (κ3) is 5.39. The molecule has 0 atom stereocenters. The van der Waals surface area contributed by atoms with E-state index >= 15 is 0 Å². The van der Waals surface area contributed by atoms with Gasteiger partial charge in [-0.25, -0.2) is 4.39 Å². The second-order valence-corrected chi connectivity index (χ2v) is 8.10. The maximum atomic E-state index is 13.1. The zero-order chi connectivity index (χ0) is 17.5. The van der Waals surface area contributed by atoms with E-state index in [4.69, 9.17) is 0 Å². The van der Waals surface area contributed by atoms with Crippen molar-refractivity contribution in [1.82, 2.24) is 0 Å². The van der Waals surface area contributed by atoms with Gasteiger partial charge in [0.05, 0.1) is 6.67 Å². The van der Waals surface area contributed by atoms with Gasteiger partial charge < -0.3 is 0 Å². The van der Waals surface area contributed by atoms with Crippen molar-refractivity contribution in [2.24, 2.45) is 17.8 Å². The number of hydrogen-bond acceptors (Lipinski definition) is 0. The molecular weight excluding hydrogens is 314 g/mol. The Hall–Kier alpha value is -1.18. The van der Waals surface area contributed by atoms with Gasteiger partial charge in [0, 0.05) is 0 Å². The van der Waals surface area contributed by atoms with Crippen LogP contribution in [0.15, 0.2) is 36.4 Å². The molecule has 0 heterocycles. The summed E-state index contributed by atoms with van der Waals surface area (Å²) >= 11 is 0. The van der Waals surface area contributed by atoms with Crippen molar-refractivity contribution in [2.75, 3.05) is 6.67 Å². The highest BCUT2D eigenvalue weighted by atomic mass is 19.1. The lowest BCUT2D eigenvalue weighted by atomic mass is 9.68. The van der Waals surface area contributed by atoms with Crippen LogP contribution >= 0.6 is 0 Å².